The summed E-state index contributed by atoms with van der Waals surface area (Å²) in [6, 6.07) is 18.4. The van der Waals surface area contributed by atoms with Gasteiger partial charge in [0.2, 0.25) is 5.91 Å². The second-order valence-electron chi connectivity index (χ2n) is 8.78. The van der Waals surface area contributed by atoms with Gasteiger partial charge >= 0.3 is 0 Å². The Kier molecular flexibility index (Phi) is 6.20. The van der Waals surface area contributed by atoms with Crippen molar-refractivity contribution in [1.82, 2.24) is 14.5 Å². The number of carbonyl (C=O) groups excluding carboxylic acids is 1. The quantitative estimate of drug-likeness (QED) is 0.430. The lowest BCUT2D eigenvalue weighted by atomic mass is 10.0. The molecule has 3 heterocycles. The fourth-order valence-corrected chi connectivity index (χ4v) is 5.67. The molecule has 0 saturated carbocycles. The maximum absolute atomic E-state index is 13.4. The number of carbonyl (C=O) groups is 1. The van der Waals surface area contributed by atoms with Gasteiger partial charge in [0.25, 0.3) is 5.56 Å². The summed E-state index contributed by atoms with van der Waals surface area (Å²) in [4.78, 5) is 36.9. The van der Waals surface area contributed by atoms with Crippen LogP contribution in [0.4, 0.5) is 5.69 Å². The van der Waals surface area contributed by atoms with E-state index in [4.69, 9.17) is 0 Å². The summed E-state index contributed by atoms with van der Waals surface area (Å²) < 4.78 is 1.59. The number of aryl methyl sites for hydroxylation is 3. The van der Waals surface area contributed by atoms with Crippen molar-refractivity contribution in [2.24, 2.45) is 0 Å². The van der Waals surface area contributed by atoms with Crippen molar-refractivity contribution < 1.29 is 4.79 Å². The maximum Gasteiger partial charge on any atom is 0.262 e. The van der Waals surface area contributed by atoms with Crippen molar-refractivity contribution >= 4 is 33.1 Å². The third-order valence-electron chi connectivity index (χ3n) is 6.48. The van der Waals surface area contributed by atoms with E-state index < -0.39 is 0 Å². The number of benzene rings is 2. The number of piperazine rings is 1. The van der Waals surface area contributed by atoms with Crippen LogP contribution in [0.1, 0.15) is 16.9 Å². The van der Waals surface area contributed by atoms with Gasteiger partial charge in [-0.2, -0.15) is 0 Å². The average molecular weight is 473 g/mol. The van der Waals surface area contributed by atoms with E-state index in [1.807, 2.05) is 42.2 Å². The fourth-order valence-electron chi connectivity index (χ4n) is 4.66. The molecule has 2 aromatic heterocycles. The Bertz CT molecular complexity index is 1390. The monoisotopic (exact) mass is 472 g/mol. The minimum absolute atomic E-state index is 0.0785. The number of rotatable bonds is 5. The molecular formula is C27H28N4O2S. The number of thiophene rings is 1. The van der Waals surface area contributed by atoms with Gasteiger partial charge in [0.05, 0.1) is 11.7 Å². The lowest BCUT2D eigenvalue weighted by Gasteiger charge is -2.36. The first kappa shape index (κ1) is 22.3. The fraction of sp³-hybridized carbons (Fsp3) is 0.296. The highest BCUT2D eigenvalue weighted by molar-refractivity contribution is 7.19. The zero-order valence-corrected chi connectivity index (χ0v) is 20.3. The second kappa shape index (κ2) is 9.43. The van der Waals surface area contributed by atoms with Crippen LogP contribution in [0.25, 0.3) is 21.3 Å². The summed E-state index contributed by atoms with van der Waals surface area (Å²) in [5, 5.41) is 0.649. The molecule has 0 bridgehead atoms. The average Bonchev–Trinajstić information content (AvgIpc) is 3.20. The number of nitrogens with zero attached hydrogens (tertiary/aromatic N) is 4. The minimum Gasteiger partial charge on any atom is -0.368 e. The van der Waals surface area contributed by atoms with Crippen LogP contribution in [0.3, 0.4) is 0 Å². The molecule has 0 radical (unpaired) electrons. The number of aromatic nitrogens is 2. The molecule has 7 heteroatoms. The van der Waals surface area contributed by atoms with E-state index >= 15 is 0 Å². The van der Waals surface area contributed by atoms with E-state index in [0.29, 0.717) is 31.4 Å². The van der Waals surface area contributed by atoms with Gasteiger partial charge in [-0.05, 0) is 37.1 Å². The number of amides is 1. The summed E-state index contributed by atoms with van der Waals surface area (Å²) >= 11 is 1.54. The molecule has 1 saturated heterocycles. The third kappa shape index (κ3) is 4.35. The molecule has 174 valence electrons. The zero-order valence-electron chi connectivity index (χ0n) is 19.5. The van der Waals surface area contributed by atoms with Crippen LogP contribution < -0.4 is 10.5 Å². The molecule has 0 unspecified atom stereocenters. The number of hydrogen-bond donors (Lipinski definition) is 0. The molecule has 2 aromatic carbocycles. The predicted molar refractivity (Wildman–Crippen MR) is 139 cm³/mol. The molecule has 6 nitrogen and oxygen atoms in total. The van der Waals surface area contributed by atoms with Crippen molar-refractivity contribution in [2.45, 2.75) is 26.8 Å². The molecule has 1 amide bonds. The smallest absolute Gasteiger partial charge is 0.262 e. The van der Waals surface area contributed by atoms with Gasteiger partial charge in [-0.1, -0.05) is 42.5 Å². The Hall–Kier alpha value is -3.45. The standard InChI is InChI=1S/C27H28N4O2S/c1-19-7-6-10-22(17-19)29-13-15-30(16-14-29)23(32)11-12-31-18-28-26-25(27(31)33)24(20(2)34-26)21-8-4-3-5-9-21/h3-10,17-18H,11-16H2,1-2H3. The van der Waals surface area contributed by atoms with E-state index in [-0.39, 0.29) is 11.5 Å². The number of fused-ring (bicyclic) bond motifs is 1. The van der Waals surface area contributed by atoms with Crippen molar-refractivity contribution in [3.63, 3.8) is 0 Å². The molecule has 4 aromatic rings. The molecule has 0 spiro atoms. The van der Waals surface area contributed by atoms with E-state index in [0.717, 1.165) is 33.9 Å². The molecule has 1 fully saturated rings. The zero-order chi connectivity index (χ0) is 23.7. The van der Waals surface area contributed by atoms with Gasteiger partial charge in [0.15, 0.2) is 0 Å². The molecule has 1 aliphatic rings. The minimum atomic E-state index is -0.0785. The van der Waals surface area contributed by atoms with Gasteiger partial charge < -0.3 is 9.80 Å². The first-order chi connectivity index (χ1) is 16.5. The van der Waals surface area contributed by atoms with E-state index in [1.54, 1.807) is 10.9 Å². The number of hydrogen-bond acceptors (Lipinski definition) is 5. The van der Waals surface area contributed by atoms with Crippen LogP contribution >= 0.6 is 11.3 Å². The molecule has 0 N–H and O–H groups in total. The van der Waals surface area contributed by atoms with E-state index in [2.05, 4.69) is 41.1 Å². The topological polar surface area (TPSA) is 58.4 Å². The summed E-state index contributed by atoms with van der Waals surface area (Å²) in [7, 11) is 0. The number of anilines is 1. The lowest BCUT2D eigenvalue weighted by Crippen LogP contribution is -2.49. The summed E-state index contributed by atoms with van der Waals surface area (Å²) in [6.07, 6.45) is 1.87. The molecule has 0 atom stereocenters. The van der Waals surface area contributed by atoms with Gasteiger partial charge in [-0.25, -0.2) is 4.98 Å². The first-order valence-corrected chi connectivity index (χ1v) is 12.5. The lowest BCUT2D eigenvalue weighted by molar-refractivity contribution is -0.131. The highest BCUT2D eigenvalue weighted by Gasteiger charge is 2.22. The van der Waals surface area contributed by atoms with Crippen LogP contribution in [-0.2, 0) is 11.3 Å². The van der Waals surface area contributed by atoms with Crippen molar-refractivity contribution in [2.75, 3.05) is 31.1 Å². The highest BCUT2D eigenvalue weighted by atomic mass is 32.1. The predicted octanol–water partition coefficient (Wildman–Crippen LogP) is 4.48. The van der Waals surface area contributed by atoms with Crippen LogP contribution in [0.5, 0.6) is 0 Å². The summed E-state index contributed by atoms with van der Waals surface area (Å²) in [5.41, 5.74) is 4.34. The van der Waals surface area contributed by atoms with Gasteiger partial charge in [-0.3, -0.25) is 14.2 Å². The van der Waals surface area contributed by atoms with E-state index in [1.165, 1.54) is 22.6 Å². The van der Waals surface area contributed by atoms with Crippen molar-refractivity contribution in [1.29, 1.82) is 0 Å². The van der Waals surface area contributed by atoms with E-state index in [9.17, 15) is 9.59 Å². The largest absolute Gasteiger partial charge is 0.368 e. The Labute approximate surface area is 203 Å². The first-order valence-electron chi connectivity index (χ1n) is 11.6. The summed E-state index contributed by atoms with van der Waals surface area (Å²) in [6.45, 7) is 7.48. The van der Waals surface area contributed by atoms with Crippen molar-refractivity contribution in [3.05, 3.63) is 81.7 Å². The van der Waals surface area contributed by atoms with Gasteiger partial charge in [0, 0.05) is 55.3 Å². The Morgan fingerprint density at radius 2 is 1.76 bits per heavy atom. The Morgan fingerprint density at radius 3 is 2.50 bits per heavy atom. The molecule has 5 rings (SSSR count). The Balaban J connectivity index is 1.28. The molecular weight excluding hydrogens is 444 g/mol. The summed E-state index contributed by atoms with van der Waals surface area (Å²) in [5.74, 6) is 0.0840. The molecule has 1 aliphatic heterocycles. The van der Waals surface area contributed by atoms with Crippen LogP contribution in [0.15, 0.2) is 65.7 Å². The molecule has 34 heavy (non-hydrogen) atoms. The van der Waals surface area contributed by atoms with Gasteiger partial charge in [0.1, 0.15) is 4.83 Å². The van der Waals surface area contributed by atoms with Crippen LogP contribution in [0, 0.1) is 13.8 Å². The van der Waals surface area contributed by atoms with Crippen LogP contribution in [-0.4, -0.2) is 46.5 Å². The second-order valence-corrected chi connectivity index (χ2v) is 9.98. The normalized spacial score (nSPS) is 14.1. The van der Waals surface area contributed by atoms with Gasteiger partial charge in [-0.15, -0.1) is 11.3 Å². The van der Waals surface area contributed by atoms with Crippen LogP contribution in [0.2, 0.25) is 0 Å². The molecule has 0 aliphatic carbocycles. The third-order valence-corrected chi connectivity index (χ3v) is 7.50. The Morgan fingerprint density at radius 1 is 1.00 bits per heavy atom. The van der Waals surface area contributed by atoms with Crippen molar-refractivity contribution in [3.8, 4) is 11.1 Å². The SMILES string of the molecule is Cc1cccc(N2CCN(C(=O)CCn3cnc4sc(C)c(-c5ccccc5)c4c3=O)CC2)c1. The highest BCUT2D eigenvalue weighted by Crippen LogP contribution is 2.35. The maximum atomic E-state index is 13.4.